The molecule has 0 saturated heterocycles. The Hall–Kier alpha value is -0.270. The van der Waals surface area contributed by atoms with E-state index in [0.29, 0.717) is 0 Å². The van der Waals surface area contributed by atoms with Crippen molar-refractivity contribution in [3.05, 3.63) is 12.8 Å². The van der Waals surface area contributed by atoms with Gasteiger partial charge in [0.25, 0.3) is 0 Å². The van der Waals surface area contributed by atoms with Gasteiger partial charge >= 0.3 is 8.25 Å². The summed E-state index contributed by atoms with van der Waals surface area (Å²) >= 11 is 0. The van der Waals surface area contributed by atoms with Crippen LogP contribution in [0.2, 0.25) is 0 Å². The van der Waals surface area contributed by atoms with Gasteiger partial charge in [-0.3, -0.25) is 0 Å². The van der Waals surface area contributed by atoms with E-state index in [9.17, 15) is 4.57 Å². The summed E-state index contributed by atoms with van der Waals surface area (Å²) in [6.07, 6.45) is 16.3. The second-order valence-electron chi connectivity index (χ2n) is 5.35. The Bertz CT molecular complexity index is 227. The van der Waals surface area contributed by atoms with E-state index in [2.05, 4.69) is 11.1 Å². The monoisotopic (exact) mass is 274 g/mol. The predicted octanol–water partition coefficient (Wildman–Crippen LogP) is 4.68. The first-order valence-electron chi connectivity index (χ1n) is 7.24. The van der Waals surface area contributed by atoms with Crippen molar-refractivity contribution in [1.29, 1.82) is 0 Å². The van der Waals surface area contributed by atoms with Gasteiger partial charge in [0.15, 0.2) is 0 Å². The molecule has 2 saturated carbocycles. The van der Waals surface area contributed by atoms with E-state index in [1.807, 2.05) is 0 Å². The molecule has 0 aromatic carbocycles. The van der Waals surface area contributed by atoms with E-state index < -0.39 is 8.25 Å². The lowest BCUT2D eigenvalue weighted by atomic mass is 9.73. The minimum Gasteiger partial charge on any atom is -0.435 e. The molecule has 0 aromatic heterocycles. The van der Waals surface area contributed by atoms with E-state index in [1.54, 1.807) is 25.7 Å². The third-order valence-electron chi connectivity index (χ3n) is 4.15. The molecule has 18 heavy (non-hydrogen) atoms. The van der Waals surface area contributed by atoms with Crippen molar-refractivity contribution in [2.45, 2.75) is 64.2 Å². The number of hydrogen-bond acceptors (Lipinski definition) is 2. The minimum absolute atomic E-state index is 0.932. The van der Waals surface area contributed by atoms with Crippen LogP contribution < -0.4 is 0 Å². The molecular weight excluding hydrogens is 247 g/mol. The van der Waals surface area contributed by atoms with Crippen LogP contribution in [0.25, 0.3) is 0 Å². The molecule has 0 aromatic rings. The van der Waals surface area contributed by atoms with Crippen LogP contribution in [0.15, 0.2) is 12.8 Å². The van der Waals surface area contributed by atoms with Crippen LogP contribution in [0.1, 0.15) is 64.2 Å². The molecule has 0 spiro atoms. The highest BCUT2D eigenvalue weighted by atomic mass is 31.1. The van der Waals surface area contributed by atoms with Crippen molar-refractivity contribution in [2.24, 2.45) is 11.8 Å². The molecule has 4 heteroatoms. The smallest absolute Gasteiger partial charge is 0.364 e. The summed E-state index contributed by atoms with van der Waals surface area (Å²) in [4.78, 5) is 7.81. The minimum atomic E-state index is -2.75. The van der Waals surface area contributed by atoms with Gasteiger partial charge in [0.05, 0.1) is 6.26 Å². The van der Waals surface area contributed by atoms with Crippen molar-refractivity contribution in [3.8, 4) is 0 Å². The summed E-state index contributed by atoms with van der Waals surface area (Å²) in [7, 11) is -2.75. The number of hydrogen-bond donors (Lipinski definition) is 1. The zero-order valence-electron chi connectivity index (χ0n) is 11.3. The zero-order chi connectivity index (χ0) is 13.2. The molecule has 3 nitrogen and oxygen atoms in total. The third kappa shape index (κ3) is 6.61. The van der Waals surface area contributed by atoms with E-state index in [-0.39, 0.29) is 0 Å². The van der Waals surface area contributed by atoms with Crippen LogP contribution in [0.3, 0.4) is 0 Å². The fourth-order valence-corrected chi connectivity index (χ4v) is 3.43. The van der Waals surface area contributed by atoms with Gasteiger partial charge in [-0.2, -0.15) is 0 Å². The van der Waals surface area contributed by atoms with Crippen LogP contribution >= 0.6 is 8.25 Å². The normalized spacial score (nSPS) is 23.6. The summed E-state index contributed by atoms with van der Waals surface area (Å²) in [5.74, 6) is 2.28. The summed E-state index contributed by atoms with van der Waals surface area (Å²) in [6, 6.07) is 0. The Balaban J connectivity index is 0.000000232. The van der Waals surface area contributed by atoms with E-state index in [1.165, 1.54) is 38.5 Å². The topological polar surface area (TPSA) is 46.5 Å². The molecule has 106 valence electrons. The van der Waals surface area contributed by atoms with Crippen LogP contribution in [-0.2, 0) is 9.09 Å². The Labute approximate surface area is 112 Å². The largest absolute Gasteiger partial charge is 0.435 e. The fraction of sp³-hybridized carbons (Fsp3) is 0.857. The van der Waals surface area contributed by atoms with E-state index >= 15 is 0 Å². The summed E-state index contributed by atoms with van der Waals surface area (Å²) in [5, 5.41) is 0. The van der Waals surface area contributed by atoms with Crippen LogP contribution in [0.5, 0.6) is 0 Å². The first-order chi connectivity index (χ1) is 8.74. The number of rotatable bonds is 3. The Kier molecular flexibility index (Phi) is 8.45. The highest BCUT2D eigenvalue weighted by Gasteiger charge is 2.24. The van der Waals surface area contributed by atoms with E-state index in [4.69, 9.17) is 4.89 Å². The molecule has 0 aliphatic heterocycles. The first-order valence-corrected chi connectivity index (χ1v) is 8.51. The third-order valence-corrected chi connectivity index (χ3v) is 4.52. The van der Waals surface area contributed by atoms with Crippen molar-refractivity contribution in [1.82, 2.24) is 0 Å². The van der Waals surface area contributed by atoms with Gasteiger partial charge in [0, 0.05) is 0 Å². The quantitative estimate of drug-likeness (QED) is 0.600. The van der Waals surface area contributed by atoms with Gasteiger partial charge < -0.3 is 9.42 Å². The first kappa shape index (κ1) is 15.8. The Morgan fingerprint density at radius 1 is 0.944 bits per heavy atom. The SMILES string of the molecule is C1CCC(C2CCCCC2)CC1.C=CO[PH](=O)O. The molecule has 2 aliphatic rings. The second-order valence-corrected chi connectivity index (χ2v) is 6.11. The fourth-order valence-electron chi connectivity index (χ4n) is 3.28. The highest BCUT2D eigenvalue weighted by molar-refractivity contribution is 7.32. The van der Waals surface area contributed by atoms with E-state index in [0.717, 1.165) is 18.1 Å². The molecule has 0 bridgehead atoms. The van der Waals surface area contributed by atoms with Gasteiger partial charge in [0.1, 0.15) is 0 Å². The maximum absolute atomic E-state index is 9.49. The van der Waals surface area contributed by atoms with Gasteiger partial charge in [0.2, 0.25) is 0 Å². The standard InChI is InChI=1S/C12H22.C2H5O3P/c1-3-7-11(8-4-1)12-9-5-2-6-10-12;1-2-5-6(3)4/h11-12H,1-10H2;2,6H,1H2,(H,3,4). The van der Waals surface area contributed by atoms with Crippen LogP contribution in [0, 0.1) is 11.8 Å². The lowest BCUT2D eigenvalue weighted by Gasteiger charge is -2.32. The molecule has 2 aliphatic carbocycles. The van der Waals surface area contributed by atoms with Crippen molar-refractivity contribution in [3.63, 3.8) is 0 Å². The molecule has 1 unspecified atom stereocenters. The lowest BCUT2D eigenvalue weighted by molar-refractivity contribution is 0.196. The molecular formula is C14H27O3P. The van der Waals surface area contributed by atoms with Crippen molar-refractivity contribution >= 4 is 8.25 Å². The average Bonchev–Trinajstić information content (AvgIpc) is 2.41. The van der Waals surface area contributed by atoms with Gasteiger partial charge in [-0.25, -0.2) is 4.57 Å². The van der Waals surface area contributed by atoms with Gasteiger partial charge in [-0.1, -0.05) is 70.8 Å². The molecule has 0 amide bonds. The summed E-state index contributed by atoms with van der Waals surface area (Å²) < 4.78 is 13.4. The molecule has 1 atom stereocenters. The molecule has 2 fully saturated rings. The highest BCUT2D eigenvalue weighted by Crippen LogP contribution is 2.37. The van der Waals surface area contributed by atoms with Gasteiger partial charge in [-0.15, -0.1) is 0 Å². The molecule has 2 rings (SSSR count). The predicted molar refractivity (Wildman–Crippen MR) is 75.7 cm³/mol. The Morgan fingerprint density at radius 2 is 1.33 bits per heavy atom. The zero-order valence-corrected chi connectivity index (χ0v) is 12.3. The summed E-state index contributed by atoms with van der Waals surface area (Å²) in [6.45, 7) is 3.04. The average molecular weight is 274 g/mol. The Morgan fingerprint density at radius 3 is 1.56 bits per heavy atom. The van der Waals surface area contributed by atoms with Crippen LogP contribution in [-0.4, -0.2) is 4.89 Å². The maximum Gasteiger partial charge on any atom is 0.364 e. The van der Waals surface area contributed by atoms with Crippen molar-refractivity contribution < 1.29 is 14.0 Å². The van der Waals surface area contributed by atoms with Gasteiger partial charge in [-0.05, 0) is 11.8 Å². The lowest BCUT2D eigenvalue weighted by Crippen LogP contribution is -2.20. The summed E-state index contributed by atoms with van der Waals surface area (Å²) in [5.41, 5.74) is 0. The maximum atomic E-state index is 9.49. The molecule has 1 N–H and O–H groups in total. The second kappa shape index (κ2) is 9.63. The molecule has 0 heterocycles. The van der Waals surface area contributed by atoms with Crippen molar-refractivity contribution in [2.75, 3.05) is 0 Å². The molecule has 0 radical (unpaired) electrons. The van der Waals surface area contributed by atoms with Crippen LogP contribution in [0.4, 0.5) is 0 Å².